The number of carbonyl (C=O) groups is 1. The zero-order chi connectivity index (χ0) is 23.6. The molecule has 176 valence electrons. The molecular weight excluding hydrogens is 459 g/mol. The Morgan fingerprint density at radius 3 is 2.55 bits per heavy atom. The van der Waals surface area contributed by atoms with Gasteiger partial charge in [-0.05, 0) is 69.4 Å². The van der Waals surface area contributed by atoms with Crippen molar-refractivity contribution in [3.8, 4) is 0 Å². The number of anilines is 1. The Morgan fingerprint density at radius 2 is 1.85 bits per heavy atom. The number of aromatic nitrogens is 2. The van der Waals surface area contributed by atoms with Gasteiger partial charge in [-0.3, -0.25) is 0 Å². The number of likely N-dealkylation sites (tertiary alicyclic amines) is 1. The molecule has 1 aliphatic rings. The van der Waals surface area contributed by atoms with Gasteiger partial charge in [0, 0.05) is 19.6 Å². The average molecular weight is 489 g/mol. The van der Waals surface area contributed by atoms with E-state index in [1.165, 1.54) is 0 Å². The van der Waals surface area contributed by atoms with Crippen LogP contribution >= 0.6 is 23.2 Å². The van der Waals surface area contributed by atoms with Crippen LogP contribution in [0.5, 0.6) is 0 Å². The minimum absolute atomic E-state index is 0.225. The molecule has 6 nitrogen and oxygen atoms in total. The summed E-state index contributed by atoms with van der Waals surface area (Å²) in [6, 6.07) is 13.8. The molecule has 3 aromatic rings. The third-order valence-electron chi connectivity index (χ3n) is 5.79. The highest BCUT2D eigenvalue weighted by Crippen LogP contribution is 2.27. The van der Waals surface area contributed by atoms with E-state index >= 15 is 0 Å². The number of amides is 1. The zero-order valence-electron chi connectivity index (χ0n) is 19.3. The van der Waals surface area contributed by atoms with Gasteiger partial charge in [-0.15, -0.1) is 0 Å². The molecule has 0 atom stereocenters. The number of hydrogen-bond donors (Lipinski definition) is 1. The predicted molar refractivity (Wildman–Crippen MR) is 134 cm³/mol. The lowest BCUT2D eigenvalue weighted by atomic mass is 9.97. The SMILES string of the molecule is CC(C)(C)OC(=O)N1CCC(CNc2nc3ccccc3n2Cc2ccc(Cl)c(Cl)c2)CC1. The molecule has 0 saturated carbocycles. The van der Waals surface area contributed by atoms with E-state index in [4.69, 9.17) is 32.9 Å². The lowest BCUT2D eigenvalue weighted by Crippen LogP contribution is -2.42. The van der Waals surface area contributed by atoms with E-state index in [0.29, 0.717) is 35.6 Å². The Balaban J connectivity index is 1.42. The van der Waals surface area contributed by atoms with Crippen LogP contribution in [0.4, 0.5) is 10.7 Å². The first-order chi connectivity index (χ1) is 15.7. The molecule has 4 rings (SSSR count). The average Bonchev–Trinajstić information content (AvgIpc) is 3.11. The van der Waals surface area contributed by atoms with Gasteiger partial charge in [0.05, 0.1) is 27.6 Å². The molecule has 1 aromatic heterocycles. The van der Waals surface area contributed by atoms with E-state index < -0.39 is 5.60 Å². The molecule has 0 unspecified atom stereocenters. The normalized spacial score (nSPS) is 15.1. The summed E-state index contributed by atoms with van der Waals surface area (Å²) in [5, 5.41) is 4.65. The Bertz CT molecular complexity index is 1130. The summed E-state index contributed by atoms with van der Waals surface area (Å²) in [5.41, 5.74) is 2.59. The van der Waals surface area contributed by atoms with Gasteiger partial charge in [0.2, 0.25) is 5.95 Å². The zero-order valence-corrected chi connectivity index (χ0v) is 20.8. The highest BCUT2D eigenvalue weighted by atomic mass is 35.5. The van der Waals surface area contributed by atoms with E-state index in [1.54, 1.807) is 4.90 Å². The second-order valence-corrected chi connectivity index (χ2v) is 10.4. The van der Waals surface area contributed by atoms with Crippen LogP contribution in [-0.4, -0.2) is 45.8 Å². The number of fused-ring (bicyclic) bond motifs is 1. The van der Waals surface area contributed by atoms with Crippen LogP contribution in [0.1, 0.15) is 39.2 Å². The second kappa shape index (κ2) is 9.82. The molecule has 1 fully saturated rings. The molecule has 33 heavy (non-hydrogen) atoms. The van der Waals surface area contributed by atoms with Gasteiger partial charge in [0.15, 0.2) is 0 Å². The first-order valence-corrected chi connectivity index (χ1v) is 12.1. The Kier molecular flexibility index (Phi) is 7.05. The van der Waals surface area contributed by atoms with Crippen molar-refractivity contribution >= 4 is 46.3 Å². The fourth-order valence-corrected chi connectivity index (χ4v) is 4.39. The van der Waals surface area contributed by atoms with Crippen LogP contribution < -0.4 is 5.32 Å². The van der Waals surface area contributed by atoms with Crippen LogP contribution in [0.25, 0.3) is 11.0 Å². The molecule has 1 amide bonds. The number of hydrogen-bond acceptors (Lipinski definition) is 4. The fraction of sp³-hybridized carbons (Fsp3) is 0.440. The molecule has 2 aromatic carbocycles. The van der Waals surface area contributed by atoms with Crippen LogP contribution in [0.3, 0.4) is 0 Å². The topological polar surface area (TPSA) is 59.4 Å². The molecule has 0 bridgehead atoms. The lowest BCUT2D eigenvalue weighted by Gasteiger charge is -2.33. The number of piperidine rings is 1. The predicted octanol–water partition coefficient (Wildman–Crippen LogP) is 6.45. The van der Waals surface area contributed by atoms with E-state index in [9.17, 15) is 4.79 Å². The van der Waals surface area contributed by atoms with Crippen molar-refractivity contribution in [3.05, 3.63) is 58.1 Å². The molecule has 0 aliphatic carbocycles. The number of nitrogens with one attached hydrogen (secondary N) is 1. The lowest BCUT2D eigenvalue weighted by molar-refractivity contribution is 0.0188. The number of carbonyl (C=O) groups excluding carboxylic acids is 1. The summed E-state index contributed by atoms with van der Waals surface area (Å²) < 4.78 is 7.68. The van der Waals surface area contributed by atoms with Crippen molar-refractivity contribution < 1.29 is 9.53 Å². The maximum Gasteiger partial charge on any atom is 0.410 e. The van der Waals surface area contributed by atoms with E-state index in [2.05, 4.69) is 16.0 Å². The molecule has 0 radical (unpaired) electrons. The van der Waals surface area contributed by atoms with Gasteiger partial charge in [-0.1, -0.05) is 41.4 Å². The number of halogens is 2. The summed E-state index contributed by atoms with van der Waals surface area (Å²) in [5.74, 6) is 1.29. The third-order valence-corrected chi connectivity index (χ3v) is 6.53. The minimum Gasteiger partial charge on any atom is -0.444 e. The molecule has 1 aliphatic heterocycles. The molecular formula is C25H30Cl2N4O2. The van der Waals surface area contributed by atoms with Gasteiger partial charge < -0.3 is 19.5 Å². The Morgan fingerprint density at radius 1 is 1.12 bits per heavy atom. The van der Waals surface area contributed by atoms with Gasteiger partial charge >= 0.3 is 6.09 Å². The van der Waals surface area contributed by atoms with Gasteiger partial charge in [-0.25, -0.2) is 9.78 Å². The molecule has 2 heterocycles. The molecule has 0 spiro atoms. The highest BCUT2D eigenvalue weighted by molar-refractivity contribution is 6.42. The third kappa shape index (κ3) is 5.92. The quantitative estimate of drug-likeness (QED) is 0.448. The van der Waals surface area contributed by atoms with Crippen molar-refractivity contribution in [1.29, 1.82) is 0 Å². The first-order valence-electron chi connectivity index (χ1n) is 11.3. The number of benzene rings is 2. The summed E-state index contributed by atoms with van der Waals surface area (Å²) in [7, 11) is 0. The van der Waals surface area contributed by atoms with E-state index in [0.717, 1.165) is 41.9 Å². The number of rotatable bonds is 5. The second-order valence-electron chi connectivity index (χ2n) is 9.55. The number of nitrogens with zero attached hydrogens (tertiary/aromatic N) is 3. The Hall–Kier alpha value is -2.44. The van der Waals surface area contributed by atoms with Crippen molar-refractivity contribution in [2.75, 3.05) is 25.0 Å². The summed E-state index contributed by atoms with van der Waals surface area (Å²) in [6.45, 7) is 8.54. The van der Waals surface area contributed by atoms with Gasteiger partial charge in [0.25, 0.3) is 0 Å². The van der Waals surface area contributed by atoms with Crippen molar-refractivity contribution in [2.45, 2.75) is 45.8 Å². The maximum atomic E-state index is 12.3. The summed E-state index contributed by atoms with van der Waals surface area (Å²) >= 11 is 12.3. The molecule has 1 N–H and O–H groups in total. The monoisotopic (exact) mass is 488 g/mol. The fourth-order valence-electron chi connectivity index (χ4n) is 4.07. The molecule has 8 heteroatoms. The maximum absolute atomic E-state index is 12.3. The number of imidazole rings is 1. The van der Waals surface area contributed by atoms with Crippen molar-refractivity contribution in [2.24, 2.45) is 5.92 Å². The Labute approximate surface area is 204 Å². The van der Waals surface area contributed by atoms with Crippen LogP contribution in [0.15, 0.2) is 42.5 Å². The number of para-hydroxylation sites is 2. The van der Waals surface area contributed by atoms with Crippen molar-refractivity contribution in [3.63, 3.8) is 0 Å². The largest absolute Gasteiger partial charge is 0.444 e. The molecule has 1 saturated heterocycles. The number of ether oxygens (including phenoxy) is 1. The smallest absolute Gasteiger partial charge is 0.410 e. The summed E-state index contributed by atoms with van der Waals surface area (Å²) in [6.07, 6.45) is 1.63. The van der Waals surface area contributed by atoms with Gasteiger partial charge in [0.1, 0.15) is 5.60 Å². The van der Waals surface area contributed by atoms with E-state index in [1.807, 2.05) is 57.2 Å². The van der Waals surface area contributed by atoms with Crippen LogP contribution in [0, 0.1) is 5.92 Å². The van der Waals surface area contributed by atoms with Crippen molar-refractivity contribution in [1.82, 2.24) is 14.5 Å². The highest BCUT2D eigenvalue weighted by Gasteiger charge is 2.27. The van der Waals surface area contributed by atoms with Crippen LogP contribution in [-0.2, 0) is 11.3 Å². The minimum atomic E-state index is -0.469. The van der Waals surface area contributed by atoms with E-state index in [-0.39, 0.29) is 6.09 Å². The summed E-state index contributed by atoms with van der Waals surface area (Å²) in [4.78, 5) is 19.0. The van der Waals surface area contributed by atoms with Gasteiger partial charge in [-0.2, -0.15) is 0 Å². The standard InChI is InChI=1S/C25H30Cl2N4O2/c1-25(2,3)33-24(32)30-12-10-17(11-13-30)15-28-23-29-21-6-4-5-7-22(21)31(23)16-18-8-9-19(26)20(27)14-18/h4-9,14,17H,10-13,15-16H2,1-3H3,(H,28,29). The first kappa shape index (κ1) is 23.7. The van der Waals surface area contributed by atoms with Crippen LogP contribution in [0.2, 0.25) is 10.0 Å².